The number of unbranched alkanes of at least 4 members (excludes halogenated alkanes) is 4. The number of carbonyl (C=O) groups is 2. The summed E-state index contributed by atoms with van der Waals surface area (Å²) < 4.78 is 10.3. The predicted octanol–water partition coefficient (Wildman–Crippen LogP) is 5.08. The zero-order chi connectivity index (χ0) is 21.9. The van der Waals surface area contributed by atoms with E-state index >= 15 is 0 Å². The lowest BCUT2D eigenvalue weighted by Gasteiger charge is -2.32. The largest absolute Gasteiger partial charge is 0.469 e. The molecule has 29 heavy (non-hydrogen) atoms. The van der Waals surface area contributed by atoms with Gasteiger partial charge in [-0.15, -0.1) is 0 Å². The van der Waals surface area contributed by atoms with Gasteiger partial charge in [0, 0.05) is 25.9 Å². The minimum Gasteiger partial charge on any atom is -0.469 e. The van der Waals surface area contributed by atoms with Gasteiger partial charge in [-0.05, 0) is 43.4 Å². The summed E-state index contributed by atoms with van der Waals surface area (Å²) in [6.07, 6.45) is 10.2. The minimum absolute atomic E-state index is 0.0159. The Labute approximate surface area is 177 Å². The van der Waals surface area contributed by atoms with E-state index in [0.717, 1.165) is 64.2 Å². The van der Waals surface area contributed by atoms with Crippen molar-refractivity contribution in [2.45, 2.75) is 110 Å². The number of rotatable bonds is 15. The number of esters is 1. The highest BCUT2D eigenvalue weighted by molar-refractivity contribution is 5.84. The molecule has 1 N–H and O–H groups in total. The molecule has 1 rings (SSSR count). The highest BCUT2D eigenvalue weighted by Crippen LogP contribution is 2.39. The van der Waals surface area contributed by atoms with E-state index in [-0.39, 0.29) is 35.4 Å². The second-order valence-electron chi connectivity index (χ2n) is 9.43. The third-order valence-electron chi connectivity index (χ3n) is 6.84. The van der Waals surface area contributed by atoms with Crippen LogP contribution in [0.5, 0.6) is 0 Å². The molecular weight excluding hydrogens is 368 g/mol. The minimum atomic E-state index is -0.346. The van der Waals surface area contributed by atoms with Crippen molar-refractivity contribution in [2.24, 2.45) is 17.3 Å². The number of Topliss-reactive ketones (excluding diaryl/α,β-unsaturated/α-hetero) is 1. The Morgan fingerprint density at radius 1 is 1.14 bits per heavy atom. The zero-order valence-electron chi connectivity index (χ0n) is 19.4. The summed E-state index contributed by atoms with van der Waals surface area (Å²) in [5.41, 5.74) is -0.0870. The number of carbonyl (C=O) groups excluding carboxylic acids is 2. The molecule has 0 saturated heterocycles. The highest BCUT2D eigenvalue weighted by atomic mass is 16.5. The molecular formula is C24H44O5. The van der Waals surface area contributed by atoms with Crippen LogP contribution in [0.1, 0.15) is 97.8 Å². The smallest absolute Gasteiger partial charge is 0.305 e. The van der Waals surface area contributed by atoms with Crippen LogP contribution >= 0.6 is 0 Å². The molecule has 1 saturated carbocycles. The molecule has 0 aromatic rings. The van der Waals surface area contributed by atoms with Crippen molar-refractivity contribution < 1.29 is 24.2 Å². The van der Waals surface area contributed by atoms with Gasteiger partial charge in [-0.2, -0.15) is 0 Å². The molecule has 5 heteroatoms. The molecule has 0 spiro atoms. The fourth-order valence-electron chi connectivity index (χ4n) is 4.65. The van der Waals surface area contributed by atoms with E-state index in [9.17, 15) is 14.7 Å². The molecule has 5 nitrogen and oxygen atoms in total. The van der Waals surface area contributed by atoms with E-state index in [1.807, 2.05) is 0 Å². The first-order chi connectivity index (χ1) is 13.8. The quantitative estimate of drug-likeness (QED) is 0.300. The third-order valence-corrected chi connectivity index (χ3v) is 6.84. The van der Waals surface area contributed by atoms with E-state index in [1.54, 1.807) is 7.11 Å². The second kappa shape index (κ2) is 13.4. The van der Waals surface area contributed by atoms with E-state index in [2.05, 4.69) is 25.5 Å². The number of methoxy groups -OCH3 is 2. The summed E-state index contributed by atoms with van der Waals surface area (Å²) >= 11 is 0. The molecule has 0 radical (unpaired) electrons. The van der Waals surface area contributed by atoms with Crippen LogP contribution in [0.15, 0.2) is 0 Å². The van der Waals surface area contributed by atoms with Crippen molar-refractivity contribution in [3.63, 3.8) is 0 Å². The Hall–Kier alpha value is -0.940. The van der Waals surface area contributed by atoms with E-state index < -0.39 is 0 Å². The Morgan fingerprint density at radius 2 is 1.83 bits per heavy atom. The molecule has 0 aliphatic heterocycles. The first-order valence-electron chi connectivity index (χ1n) is 11.6. The fraction of sp³-hybridized carbons (Fsp3) is 0.917. The third kappa shape index (κ3) is 8.75. The molecule has 170 valence electrons. The topological polar surface area (TPSA) is 72.8 Å². The zero-order valence-corrected chi connectivity index (χ0v) is 19.4. The first kappa shape index (κ1) is 26.1. The number of hydrogen-bond acceptors (Lipinski definition) is 5. The van der Waals surface area contributed by atoms with Crippen LogP contribution in [-0.4, -0.2) is 43.3 Å². The lowest BCUT2D eigenvalue weighted by atomic mass is 9.77. The molecule has 0 amide bonds. The van der Waals surface area contributed by atoms with Crippen LogP contribution in [0.3, 0.4) is 0 Å². The highest BCUT2D eigenvalue weighted by Gasteiger charge is 2.42. The van der Waals surface area contributed by atoms with Crippen molar-refractivity contribution >= 4 is 11.8 Å². The predicted molar refractivity (Wildman–Crippen MR) is 116 cm³/mol. The van der Waals surface area contributed by atoms with Crippen LogP contribution in [0, 0.1) is 17.3 Å². The van der Waals surface area contributed by atoms with Crippen LogP contribution in [-0.2, 0) is 19.1 Å². The molecule has 4 atom stereocenters. The van der Waals surface area contributed by atoms with Gasteiger partial charge in [0.25, 0.3) is 0 Å². The Kier molecular flexibility index (Phi) is 12.0. The Balaban J connectivity index is 2.49. The van der Waals surface area contributed by atoms with Gasteiger partial charge in [-0.25, -0.2) is 0 Å². The van der Waals surface area contributed by atoms with Crippen LogP contribution in [0.4, 0.5) is 0 Å². The van der Waals surface area contributed by atoms with Gasteiger partial charge in [0.15, 0.2) is 0 Å². The maximum atomic E-state index is 12.6. The summed E-state index contributed by atoms with van der Waals surface area (Å²) in [6.45, 7) is 6.47. The molecule has 1 aliphatic rings. The normalized spacial score (nSPS) is 23.4. The fourth-order valence-corrected chi connectivity index (χ4v) is 4.65. The summed E-state index contributed by atoms with van der Waals surface area (Å²) in [7, 11) is 3.12. The second-order valence-corrected chi connectivity index (χ2v) is 9.43. The van der Waals surface area contributed by atoms with Gasteiger partial charge in [-0.3, -0.25) is 9.59 Å². The van der Waals surface area contributed by atoms with Gasteiger partial charge in [-0.1, -0.05) is 52.9 Å². The molecule has 1 fully saturated rings. The van der Waals surface area contributed by atoms with Gasteiger partial charge in [0.05, 0.1) is 19.3 Å². The molecule has 0 aromatic carbocycles. The number of aliphatic hydroxyl groups excluding tert-OH is 1. The summed E-state index contributed by atoms with van der Waals surface area (Å²) in [4.78, 5) is 23.7. The SMILES string of the molecule is CCCCC(C)(C)C(O)CC[C@H]1[C@H](OC)CC(=O)[C@@H]1CCCCCCC(=O)OC. The standard InChI is InChI=1S/C24H44O5/c1-6-7-16-24(2,3)22(26)15-14-19-18(20(25)17-21(19)28-4)12-10-8-9-11-13-23(27)29-5/h18-19,21-22,26H,6-17H2,1-5H3/t18-,19-,21-,22?/m1/s1. The van der Waals surface area contributed by atoms with Gasteiger partial charge >= 0.3 is 5.97 Å². The Bertz CT molecular complexity index is 488. The molecule has 0 aromatic heterocycles. The summed E-state index contributed by atoms with van der Waals surface area (Å²) in [5, 5.41) is 10.7. The van der Waals surface area contributed by atoms with Crippen molar-refractivity contribution in [1.82, 2.24) is 0 Å². The number of hydrogen-bond donors (Lipinski definition) is 1. The summed E-state index contributed by atoms with van der Waals surface area (Å²) in [5.74, 6) is 0.418. The van der Waals surface area contributed by atoms with E-state index in [4.69, 9.17) is 4.74 Å². The van der Waals surface area contributed by atoms with Gasteiger partial charge < -0.3 is 14.6 Å². The maximum absolute atomic E-state index is 12.6. The first-order valence-corrected chi connectivity index (χ1v) is 11.6. The molecule has 0 heterocycles. The maximum Gasteiger partial charge on any atom is 0.305 e. The van der Waals surface area contributed by atoms with E-state index in [1.165, 1.54) is 7.11 Å². The van der Waals surface area contributed by atoms with Crippen molar-refractivity contribution in [2.75, 3.05) is 14.2 Å². The van der Waals surface area contributed by atoms with Crippen molar-refractivity contribution in [3.05, 3.63) is 0 Å². The number of aliphatic hydroxyl groups is 1. The molecule has 1 unspecified atom stereocenters. The summed E-state index contributed by atoms with van der Waals surface area (Å²) in [6, 6.07) is 0. The van der Waals surface area contributed by atoms with Crippen LogP contribution in [0.25, 0.3) is 0 Å². The van der Waals surface area contributed by atoms with Crippen LogP contribution < -0.4 is 0 Å². The van der Waals surface area contributed by atoms with Gasteiger partial charge in [0.2, 0.25) is 0 Å². The lowest BCUT2D eigenvalue weighted by Crippen LogP contribution is -2.31. The molecule has 0 bridgehead atoms. The molecule has 1 aliphatic carbocycles. The van der Waals surface area contributed by atoms with Gasteiger partial charge in [0.1, 0.15) is 5.78 Å². The van der Waals surface area contributed by atoms with E-state index in [0.29, 0.717) is 18.6 Å². The lowest BCUT2D eigenvalue weighted by molar-refractivity contribution is -0.140. The average Bonchev–Trinajstić information content (AvgIpc) is 3.01. The average molecular weight is 413 g/mol. The monoisotopic (exact) mass is 412 g/mol. The van der Waals surface area contributed by atoms with Crippen LogP contribution in [0.2, 0.25) is 0 Å². The number of ether oxygens (including phenoxy) is 2. The number of ketones is 1. The van der Waals surface area contributed by atoms with Crippen molar-refractivity contribution in [1.29, 1.82) is 0 Å². The Morgan fingerprint density at radius 3 is 2.45 bits per heavy atom. The van der Waals surface area contributed by atoms with Crippen molar-refractivity contribution in [3.8, 4) is 0 Å².